The maximum Gasteiger partial charge on any atom is 0.150 e. The number of carbonyl (C=O) groups excluding carboxylic acids is 4. The number of hydrogen-bond acceptors (Lipinski definition) is 5. The lowest BCUT2D eigenvalue weighted by Crippen LogP contribution is -2.01. The van der Waals surface area contributed by atoms with E-state index in [-0.39, 0.29) is 0 Å². The van der Waals surface area contributed by atoms with Crippen LogP contribution in [0.25, 0.3) is 55.6 Å². The van der Waals surface area contributed by atoms with Gasteiger partial charge in [-0.05, 0) is 74.7 Å². The number of nitrogen functional groups attached to an aromatic ring is 1. The summed E-state index contributed by atoms with van der Waals surface area (Å²) >= 11 is 0. The summed E-state index contributed by atoms with van der Waals surface area (Å²) in [5, 5.41) is 0. The predicted molar refractivity (Wildman–Crippen MR) is 184 cm³/mol. The van der Waals surface area contributed by atoms with Crippen LogP contribution in [-0.2, 0) is 0 Å². The van der Waals surface area contributed by atoms with Gasteiger partial charge in [0.1, 0.15) is 25.1 Å². The molecule has 0 saturated heterocycles. The van der Waals surface area contributed by atoms with E-state index in [0.29, 0.717) is 27.9 Å². The van der Waals surface area contributed by atoms with E-state index in [4.69, 9.17) is 5.73 Å². The van der Waals surface area contributed by atoms with Crippen LogP contribution >= 0.6 is 0 Å². The highest BCUT2D eigenvalue weighted by Gasteiger charge is 2.25. The molecule has 222 valence electrons. The predicted octanol–water partition coefficient (Wildman–Crippen LogP) is 9.16. The fourth-order valence-corrected chi connectivity index (χ4v) is 5.98. The van der Waals surface area contributed by atoms with Gasteiger partial charge in [0.25, 0.3) is 0 Å². The second kappa shape index (κ2) is 12.8. The van der Waals surface area contributed by atoms with E-state index in [2.05, 4.69) is 6.07 Å². The van der Waals surface area contributed by atoms with Crippen molar-refractivity contribution < 1.29 is 19.2 Å². The van der Waals surface area contributed by atoms with Crippen LogP contribution < -0.4 is 5.73 Å². The molecule has 2 N–H and O–H groups in total. The number of benzene rings is 6. The van der Waals surface area contributed by atoms with Crippen molar-refractivity contribution in [1.82, 2.24) is 0 Å². The topological polar surface area (TPSA) is 94.3 Å². The summed E-state index contributed by atoms with van der Waals surface area (Å²) in [6, 6.07) is 37.6. The molecule has 0 aliphatic heterocycles. The third-order valence-corrected chi connectivity index (χ3v) is 8.27. The number of aryl methyl sites for hydroxylation is 1. The van der Waals surface area contributed by atoms with Gasteiger partial charge in [0, 0.05) is 33.5 Å². The lowest BCUT2D eigenvalue weighted by atomic mass is 9.78. The minimum atomic E-state index is 0.543. The zero-order valence-corrected chi connectivity index (χ0v) is 25.1. The fourth-order valence-electron chi connectivity index (χ4n) is 5.98. The van der Waals surface area contributed by atoms with Gasteiger partial charge in [0.15, 0.2) is 0 Å². The SMILES string of the molecule is Cc1cccc(N)c1-c1cc(-c2ccc(C=O)cc2)c(-c2ccc(C=O)cc2)c(-c2ccc(C=O)cc2)c1-c1ccc(C=O)cc1. The summed E-state index contributed by atoms with van der Waals surface area (Å²) in [5.41, 5.74) is 19.3. The summed E-state index contributed by atoms with van der Waals surface area (Å²) in [5.74, 6) is 0. The van der Waals surface area contributed by atoms with Crippen molar-refractivity contribution in [3.05, 3.63) is 149 Å². The van der Waals surface area contributed by atoms with Gasteiger partial charge in [0.05, 0.1) is 0 Å². The van der Waals surface area contributed by atoms with Crippen molar-refractivity contribution in [1.29, 1.82) is 0 Å². The third-order valence-electron chi connectivity index (χ3n) is 8.27. The monoisotopic (exact) mass is 599 g/mol. The van der Waals surface area contributed by atoms with Crippen LogP contribution in [0.15, 0.2) is 121 Å². The Hall–Kier alpha value is -6.20. The van der Waals surface area contributed by atoms with Crippen LogP contribution in [-0.4, -0.2) is 25.1 Å². The second-order valence-electron chi connectivity index (χ2n) is 11.1. The van der Waals surface area contributed by atoms with E-state index in [1.807, 2.05) is 73.7 Å². The first-order valence-corrected chi connectivity index (χ1v) is 14.7. The Balaban J connectivity index is 1.86. The van der Waals surface area contributed by atoms with Crippen LogP contribution in [0.5, 0.6) is 0 Å². The maximum absolute atomic E-state index is 11.7. The molecular weight excluding hydrogens is 570 g/mol. The van der Waals surface area contributed by atoms with E-state index in [9.17, 15) is 19.2 Å². The van der Waals surface area contributed by atoms with Gasteiger partial charge in [-0.3, -0.25) is 19.2 Å². The maximum atomic E-state index is 11.7. The summed E-state index contributed by atoms with van der Waals surface area (Å²) in [6.07, 6.45) is 3.25. The van der Waals surface area contributed by atoms with Crippen molar-refractivity contribution in [2.75, 3.05) is 5.73 Å². The average Bonchev–Trinajstić information content (AvgIpc) is 3.11. The highest BCUT2D eigenvalue weighted by Crippen LogP contribution is 2.51. The molecule has 0 saturated carbocycles. The highest BCUT2D eigenvalue weighted by atomic mass is 16.1. The zero-order chi connectivity index (χ0) is 32.2. The molecule has 0 unspecified atom stereocenters. The second-order valence-corrected chi connectivity index (χ2v) is 11.1. The van der Waals surface area contributed by atoms with E-state index in [1.165, 1.54) is 0 Å². The molecule has 5 nitrogen and oxygen atoms in total. The van der Waals surface area contributed by atoms with Gasteiger partial charge in [-0.2, -0.15) is 0 Å². The minimum absolute atomic E-state index is 0.543. The van der Waals surface area contributed by atoms with E-state index >= 15 is 0 Å². The first-order valence-electron chi connectivity index (χ1n) is 14.7. The van der Waals surface area contributed by atoms with Crippen LogP contribution in [0, 0.1) is 6.92 Å². The van der Waals surface area contributed by atoms with Crippen molar-refractivity contribution >= 4 is 30.8 Å². The first kappa shape index (κ1) is 29.9. The molecule has 0 spiro atoms. The van der Waals surface area contributed by atoms with Gasteiger partial charge >= 0.3 is 0 Å². The van der Waals surface area contributed by atoms with Gasteiger partial charge in [-0.25, -0.2) is 0 Å². The zero-order valence-electron chi connectivity index (χ0n) is 25.1. The lowest BCUT2D eigenvalue weighted by molar-refractivity contribution is 0.111. The number of nitrogens with two attached hydrogens (primary N) is 1. The third kappa shape index (κ3) is 5.58. The van der Waals surface area contributed by atoms with Crippen LogP contribution in [0.4, 0.5) is 5.69 Å². The first-order chi connectivity index (χ1) is 22.4. The molecule has 0 aliphatic rings. The van der Waals surface area contributed by atoms with Crippen LogP contribution in [0.3, 0.4) is 0 Å². The number of hydrogen-bond donors (Lipinski definition) is 1. The van der Waals surface area contributed by atoms with Crippen molar-refractivity contribution in [3.63, 3.8) is 0 Å². The molecule has 46 heavy (non-hydrogen) atoms. The van der Waals surface area contributed by atoms with Crippen molar-refractivity contribution in [3.8, 4) is 55.6 Å². The summed E-state index contributed by atoms with van der Waals surface area (Å²) in [4.78, 5) is 46.5. The minimum Gasteiger partial charge on any atom is -0.398 e. The van der Waals surface area contributed by atoms with Gasteiger partial charge in [0.2, 0.25) is 0 Å². The standard InChI is InChI=1S/C41H29NO4/c1-26-3-2-4-37(42)38(26)36-21-35(31-13-5-27(22-43)6-14-31)39(32-15-7-28(23-44)8-16-32)41(34-19-11-30(25-46)12-20-34)40(36)33-17-9-29(24-45)10-18-33/h2-25H,42H2,1H3. The summed E-state index contributed by atoms with van der Waals surface area (Å²) < 4.78 is 0. The molecule has 0 heterocycles. The summed E-state index contributed by atoms with van der Waals surface area (Å²) in [7, 11) is 0. The number of anilines is 1. The Bertz CT molecular complexity index is 2070. The smallest absolute Gasteiger partial charge is 0.150 e. The molecule has 0 aliphatic carbocycles. The Morgan fingerprint density at radius 2 is 0.783 bits per heavy atom. The molecule has 6 rings (SSSR count). The largest absolute Gasteiger partial charge is 0.398 e. The fraction of sp³-hybridized carbons (Fsp3) is 0.0244. The number of aldehydes is 4. The van der Waals surface area contributed by atoms with E-state index < -0.39 is 0 Å². The molecule has 0 amide bonds. The van der Waals surface area contributed by atoms with Crippen LogP contribution in [0.2, 0.25) is 0 Å². The van der Waals surface area contributed by atoms with Crippen molar-refractivity contribution in [2.24, 2.45) is 0 Å². The van der Waals surface area contributed by atoms with E-state index in [1.54, 1.807) is 48.5 Å². The lowest BCUT2D eigenvalue weighted by Gasteiger charge is -2.25. The molecule has 5 heteroatoms. The Labute approximate surface area is 267 Å². The highest BCUT2D eigenvalue weighted by molar-refractivity contribution is 6.09. The quantitative estimate of drug-likeness (QED) is 0.132. The van der Waals surface area contributed by atoms with Crippen LogP contribution in [0.1, 0.15) is 47.0 Å². The Morgan fingerprint density at radius 3 is 1.17 bits per heavy atom. The Kier molecular flexibility index (Phi) is 8.31. The summed E-state index contributed by atoms with van der Waals surface area (Å²) in [6.45, 7) is 2.02. The molecule has 0 aromatic heterocycles. The van der Waals surface area contributed by atoms with E-state index in [0.717, 1.165) is 86.3 Å². The molecule has 0 radical (unpaired) electrons. The van der Waals surface area contributed by atoms with Gasteiger partial charge < -0.3 is 5.73 Å². The molecular formula is C41H29NO4. The van der Waals surface area contributed by atoms with Gasteiger partial charge in [-0.1, -0.05) is 109 Å². The normalized spacial score (nSPS) is 10.7. The van der Waals surface area contributed by atoms with Crippen molar-refractivity contribution in [2.45, 2.75) is 6.92 Å². The number of carbonyl (C=O) groups is 4. The van der Waals surface area contributed by atoms with Gasteiger partial charge in [-0.15, -0.1) is 0 Å². The molecule has 0 fully saturated rings. The molecule has 6 aromatic carbocycles. The molecule has 0 atom stereocenters. The molecule has 0 bridgehead atoms. The molecule has 6 aromatic rings. The average molecular weight is 600 g/mol. The number of rotatable bonds is 9. The Morgan fingerprint density at radius 1 is 0.413 bits per heavy atom.